The summed E-state index contributed by atoms with van der Waals surface area (Å²) in [5.74, 6) is -1.81. The quantitative estimate of drug-likeness (QED) is 0.490. The first-order valence-electron chi connectivity index (χ1n) is 12.5. The number of rotatable bonds is 9. The molecule has 2 bridgehead atoms. The molecule has 2 unspecified atom stereocenters. The van der Waals surface area contributed by atoms with Gasteiger partial charge in [-0.1, -0.05) is 20.8 Å². The van der Waals surface area contributed by atoms with Gasteiger partial charge in [0, 0.05) is 12.2 Å². The molecule has 6 atom stereocenters. The molecule has 0 radical (unpaired) electrons. The van der Waals surface area contributed by atoms with Crippen molar-refractivity contribution in [2.45, 2.75) is 70.2 Å². The third-order valence-electron chi connectivity index (χ3n) is 7.97. The van der Waals surface area contributed by atoms with Crippen molar-refractivity contribution in [3.63, 3.8) is 0 Å². The number of amides is 3. The van der Waals surface area contributed by atoms with Gasteiger partial charge in [0.05, 0.1) is 37.2 Å². The van der Waals surface area contributed by atoms with E-state index in [-0.39, 0.29) is 30.2 Å². The van der Waals surface area contributed by atoms with Crippen molar-refractivity contribution in [3.8, 4) is 5.75 Å². The molecule has 3 aliphatic rings. The van der Waals surface area contributed by atoms with Crippen LogP contribution in [0.3, 0.4) is 0 Å². The van der Waals surface area contributed by atoms with E-state index < -0.39 is 35.1 Å². The van der Waals surface area contributed by atoms with Gasteiger partial charge in [-0.25, -0.2) is 0 Å². The van der Waals surface area contributed by atoms with E-state index in [0.717, 1.165) is 6.42 Å². The molecule has 1 aromatic rings. The van der Waals surface area contributed by atoms with E-state index in [0.29, 0.717) is 30.8 Å². The number of carbonyl (C=O) groups is 3. The zero-order valence-electron chi connectivity index (χ0n) is 21.2. The summed E-state index contributed by atoms with van der Waals surface area (Å²) in [6.07, 6.45) is 1.84. The number of benzene rings is 1. The molecule has 3 aliphatic heterocycles. The van der Waals surface area contributed by atoms with Crippen LogP contribution in [-0.4, -0.2) is 71.3 Å². The largest absolute Gasteiger partial charge is 0.497 e. The lowest BCUT2D eigenvalue weighted by molar-refractivity contribution is -0.149. The lowest BCUT2D eigenvalue weighted by Gasteiger charge is -2.38. The predicted molar refractivity (Wildman–Crippen MR) is 130 cm³/mol. The summed E-state index contributed by atoms with van der Waals surface area (Å²) in [5, 5.41) is 16.1. The highest BCUT2D eigenvalue weighted by Gasteiger charge is 2.78. The Hall–Kier alpha value is -2.65. The maximum Gasteiger partial charge on any atom is 0.250 e. The van der Waals surface area contributed by atoms with Crippen LogP contribution in [0, 0.1) is 17.8 Å². The van der Waals surface area contributed by atoms with Crippen LogP contribution >= 0.6 is 0 Å². The molecule has 4 rings (SSSR count). The van der Waals surface area contributed by atoms with Crippen LogP contribution in [0.15, 0.2) is 24.3 Å². The molecule has 9 nitrogen and oxygen atoms in total. The second-order valence-corrected chi connectivity index (χ2v) is 10.5. The number of nitrogens with one attached hydrogen (secondary N) is 2. The first kappa shape index (κ1) is 25.4. The number of fused-ring (bicyclic) bond motifs is 1. The van der Waals surface area contributed by atoms with Crippen LogP contribution in [0.2, 0.25) is 0 Å². The minimum atomic E-state index is -1.13. The number of methoxy groups -OCH3 is 1. The van der Waals surface area contributed by atoms with Crippen LogP contribution in [0.25, 0.3) is 0 Å². The number of ether oxygens (including phenoxy) is 2. The molecule has 3 saturated heterocycles. The van der Waals surface area contributed by atoms with Gasteiger partial charge >= 0.3 is 0 Å². The minimum Gasteiger partial charge on any atom is -0.497 e. The Labute approximate surface area is 206 Å². The van der Waals surface area contributed by atoms with Crippen molar-refractivity contribution in [2.75, 3.05) is 25.6 Å². The minimum absolute atomic E-state index is 0.101. The summed E-state index contributed by atoms with van der Waals surface area (Å²) in [6.45, 7) is 7.88. The third kappa shape index (κ3) is 3.98. The maximum absolute atomic E-state index is 14.0. The summed E-state index contributed by atoms with van der Waals surface area (Å²) >= 11 is 0. The molecule has 3 amide bonds. The normalized spacial score (nSPS) is 32.0. The highest BCUT2D eigenvalue weighted by molar-refractivity contribution is 6.04. The number of aliphatic hydroxyl groups excluding tert-OH is 1. The van der Waals surface area contributed by atoms with E-state index in [9.17, 15) is 19.5 Å². The average molecular weight is 488 g/mol. The SMILES string of the molecule is CCCNC(=O)[C@H]1[C@H]2C(=O)N([C@@H](CO)C(C)C)C(C(=O)Nc3ccc(OC)cc3)C23CC[C@]1(C)O3. The molecule has 0 saturated carbocycles. The van der Waals surface area contributed by atoms with Gasteiger partial charge < -0.3 is 30.1 Å². The molecule has 3 heterocycles. The molecular weight excluding hydrogens is 450 g/mol. The van der Waals surface area contributed by atoms with E-state index in [2.05, 4.69) is 10.6 Å². The van der Waals surface area contributed by atoms with Gasteiger partial charge in [-0.3, -0.25) is 14.4 Å². The zero-order valence-corrected chi connectivity index (χ0v) is 21.2. The number of aliphatic hydroxyl groups is 1. The van der Waals surface area contributed by atoms with Crippen LogP contribution < -0.4 is 15.4 Å². The number of carbonyl (C=O) groups excluding carboxylic acids is 3. The lowest BCUT2D eigenvalue weighted by Crippen LogP contribution is -2.57. The molecule has 0 aliphatic carbocycles. The topological polar surface area (TPSA) is 117 Å². The average Bonchev–Trinajstić information content (AvgIpc) is 3.39. The summed E-state index contributed by atoms with van der Waals surface area (Å²) in [7, 11) is 1.57. The molecule has 1 aromatic carbocycles. The van der Waals surface area contributed by atoms with Gasteiger partial charge in [0.2, 0.25) is 17.7 Å². The van der Waals surface area contributed by atoms with Crippen molar-refractivity contribution in [1.29, 1.82) is 0 Å². The molecule has 35 heavy (non-hydrogen) atoms. The van der Waals surface area contributed by atoms with E-state index in [1.807, 2.05) is 27.7 Å². The highest BCUT2D eigenvalue weighted by atomic mass is 16.5. The fraction of sp³-hybridized carbons (Fsp3) is 0.654. The van der Waals surface area contributed by atoms with Gasteiger partial charge in [-0.15, -0.1) is 0 Å². The zero-order chi connectivity index (χ0) is 25.5. The number of likely N-dealkylation sites (tertiary alicyclic amines) is 1. The fourth-order valence-electron chi connectivity index (χ4n) is 6.28. The lowest BCUT2D eigenvalue weighted by atomic mass is 9.66. The van der Waals surface area contributed by atoms with Crippen molar-refractivity contribution in [1.82, 2.24) is 10.2 Å². The van der Waals surface area contributed by atoms with Crippen LogP contribution in [0.1, 0.15) is 47.0 Å². The van der Waals surface area contributed by atoms with Crippen molar-refractivity contribution < 1.29 is 29.0 Å². The van der Waals surface area contributed by atoms with Gasteiger partial charge in [0.15, 0.2) is 0 Å². The molecule has 3 fully saturated rings. The number of hydrogen-bond acceptors (Lipinski definition) is 6. The smallest absolute Gasteiger partial charge is 0.250 e. The van der Waals surface area contributed by atoms with Gasteiger partial charge in [0.1, 0.15) is 17.4 Å². The van der Waals surface area contributed by atoms with E-state index in [1.54, 1.807) is 31.4 Å². The number of anilines is 1. The van der Waals surface area contributed by atoms with E-state index >= 15 is 0 Å². The molecule has 192 valence electrons. The Morgan fingerprint density at radius 2 is 1.91 bits per heavy atom. The number of nitrogens with zero attached hydrogens (tertiary/aromatic N) is 1. The molecule has 9 heteroatoms. The maximum atomic E-state index is 14.0. The summed E-state index contributed by atoms with van der Waals surface area (Å²) < 4.78 is 11.8. The van der Waals surface area contributed by atoms with Crippen molar-refractivity contribution in [2.24, 2.45) is 17.8 Å². The first-order chi connectivity index (χ1) is 16.6. The molecule has 3 N–H and O–H groups in total. The Morgan fingerprint density at radius 3 is 2.49 bits per heavy atom. The third-order valence-corrected chi connectivity index (χ3v) is 7.97. The Bertz CT molecular complexity index is 982. The number of hydrogen-bond donors (Lipinski definition) is 3. The van der Waals surface area contributed by atoms with Gasteiger partial charge in [0.25, 0.3) is 0 Å². The van der Waals surface area contributed by atoms with Gasteiger partial charge in [-0.2, -0.15) is 0 Å². The first-order valence-corrected chi connectivity index (χ1v) is 12.5. The fourth-order valence-corrected chi connectivity index (χ4v) is 6.28. The van der Waals surface area contributed by atoms with Gasteiger partial charge in [-0.05, 0) is 56.4 Å². The van der Waals surface area contributed by atoms with E-state index in [4.69, 9.17) is 9.47 Å². The Kier molecular flexibility index (Phi) is 6.85. The molecule has 0 aromatic heterocycles. The Balaban J connectivity index is 1.74. The monoisotopic (exact) mass is 487 g/mol. The standard InChI is InChI=1S/C26H37N3O6/c1-6-13-27-22(31)19-20-24(33)29(18(14-30)15(2)3)21(26(20)12-11-25(19,4)35-26)23(32)28-16-7-9-17(34-5)10-8-16/h7-10,15,18-21,30H,6,11-14H2,1-5H3,(H,27,31)(H,28,32)/t18-,19+,20-,21?,25-,26?/m0/s1. The summed E-state index contributed by atoms with van der Waals surface area (Å²) in [5.41, 5.74) is -1.39. The summed E-state index contributed by atoms with van der Waals surface area (Å²) in [4.78, 5) is 42.6. The second kappa shape index (κ2) is 9.43. The van der Waals surface area contributed by atoms with Crippen LogP contribution in [0.5, 0.6) is 5.75 Å². The molecule has 1 spiro atoms. The highest BCUT2D eigenvalue weighted by Crippen LogP contribution is 2.63. The van der Waals surface area contributed by atoms with Crippen molar-refractivity contribution >= 4 is 23.4 Å². The predicted octanol–water partition coefficient (Wildman–Crippen LogP) is 1.94. The molecular formula is C26H37N3O6. The van der Waals surface area contributed by atoms with Crippen molar-refractivity contribution in [3.05, 3.63) is 24.3 Å². The Morgan fingerprint density at radius 1 is 1.23 bits per heavy atom. The second-order valence-electron chi connectivity index (χ2n) is 10.5. The van der Waals surface area contributed by atoms with E-state index in [1.165, 1.54) is 4.90 Å². The van der Waals surface area contributed by atoms with Crippen LogP contribution in [0.4, 0.5) is 5.69 Å². The van der Waals surface area contributed by atoms with Crippen LogP contribution in [-0.2, 0) is 19.1 Å². The summed E-state index contributed by atoms with van der Waals surface area (Å²) in [6, 6.07) is 5.40.